The lowest BCUT2D eigenvalue weighted by Crippen LogP contribution is -2.14. The van der Waals surface area contributed by atoms with E-state index in [2.05, 4.69) is 0 Å². The zero-order chi connectivity index (χ0) is 8.39. The molecule has 0 aromatic heterocycles. The highest BCUT2D eigenvalue weighted by atomic mass is 16.5. The summed E-state index contributed by atoms with van der Waals surface area (Å²) in [6.45, 7) is 1.48. The van der Waals surface area contributed by atoms with Crippen molar-refractivity contribution in [3.8, 4) is 0 Å². The number of carbonyl (C=O) groups is 1. The zero-order valence-corrected chi connectivity index (χ0v) is 7.42. The van der Waals surface area contributed by atoms with Gasteiger partial charge in [0.25, 0.3) is 0 Å². The van der Waals surface area contributed by atoms with E-state index in [0.29, 0.717) is 12.4 Å². The molecule has 1 aliphatic carbocycles. The van der Waals surface area contributed by atoms with Gasteiger partial charge in [-0.15, -0.1) is 0 Å². The van der Waals surface area contributed by atoms with E-state index in [1.54, 1.807) is 0 Å². The minimum atomic E-state index is 0.240. The van der Waals surface area contributed by atoms with Crippen molar-refractivity contribution in [2.75, 3.05) is 13.2 Å². The molecule has 0 amide bonds. The Kier molecular flexibility index (Phi) is 2.45. The van der Waals surface area contributed by atoms with Crippen molar-refractivity contribution < 1.29 is 9.53 Å². The molecule has 2 fully saturated rings. The highest BCUT2D eigenvalue weighted by Crippen LogP contribution is 2.34. The summed E-state index contributed by atoms with van der Waals surface area (Å²) in [5.74, 6) is 1.57. The van der Waals surface area contributed by atoms with Crippen LogP contribution in [-0.4, -0.2) is 19.0 Å². The summed E-state index contributed by atoms with van der Waals surface area (Å²) < 4.78 is 5.18. The second-order valence-electron chi connectivity index (χ2n) is 4.01. The van der Waals surface area contributed by atoms with Crippen LogP contribution in [0.5, 0.6) is 0 Å². The quantitative estimate of drug-likeness (QED) is 0.639. The Morgan fingerprint density at radius 3 is 2.75 bits per heavy atom. The number of hydrogen-bond acceptors (Lipinski definition) is 2. The van der Waals surface area contributed by atoms with Crippen molar-refractivity contribution in [3.63, 3.8) is 0 Å². The largest absolute Gasteiger partial charge is 0.381 e. The number of ether oxygens (including phenoxy) is 1. The van der Waals surface area contributed by atoms with Crippen LogP contribution in [-0.2, 0) is 9.53 Å². The zero-order valence-electron chi connectivity index (χ0n) is 7.42. The molecule has 0 spiro atoms. The first-order chi connectivity index (χ1) is 5.86. The molecule has 1 heterocycles. The Balaban J connectivity index is 1.67. The van der Waals surface area contributed by atoms with Crippen LogP contribution in [0.1, 0.15) is 32.1 Å². The van der Waals surface area contributed by atoms with Crippen molar-refractivity contribution in [1.82, 2.24) is 0 Å². The van der Waals surface area contributed by atoms with Crippen LogP contribution in [0, 0.1) is 11.8 Å². The first kappa shape index (κ1) is 8.24. The van der Waals surface area contributed by atoms with Gasteiger partial charge in [-0.3, -0.25) is 4.79 Å². The van der Waals surface area contributed by atoms with Crippen LogP contribution >= 0.6 is 0 Å². The van der Waals surface area contributed by atoms with Gasteiger partial charge in [0, 0.05) is 18.9 Å². The molecule has 0 aromatic rings. The fourth-order valence-electron chi connectivity index (χ4n) is 1.75. The SMILES string of the molecule is O=C(CCC1CC1)C1CCOC1. The summed E-state index contributed by atoms with van der Waals surface area (Å²) in [6.07, 6.45) is 5.61. The van der Waals surface area contributed by atoms with Crippen molar-refractivity contribution in [1.29, 1.82) is 0 Å². The van der Waals surface area contributed by atoms with Gasteiger partial charge in [-0.25, -0.2) is 0 Å². The third-order valence-corrected chi connectivity index (χ3v) is 2.88. The minimum Gasteiger partial charge on any atom is -0.381 e. The van der Waals surface area contributed by atoms with Crippen LogP contribution in [0.15, 0.2) is 0 Å². The summed E-state index contributed by atoms with van der Waals surface area (Å²) in [6, 6.07) is 0. The molecular formula is C10H16O2. The van der Waals surface area contributed by atoms with Crippen LogP contribution in [0.4, 0.5) is 0 Å². The minimum absolute atomic E-state index is 0.240. The summed E-state index contributed by atoms with van der Waals surface area (Å²) in [4.78, 5) is 11.5. The smallest absolute Gasteiger partial charge is 0.138 e. The first-order valence-electron chi connectivity index (χ1n) is 4.96. The summed E-state index contributed by atoms with van der Waals surface area (Å²) in [7, 11) is 0. The van der Waals surface area contributed by atoms with Crippen LogP contribution < -0.4 is 0 Å². The molecule has 12 heavy (non-hydrogen) atoms. The lowest BCUT2D eigenvalue weighted by molar-refractivity contribution is -0.123. The van der Waals surface area contributed by atoms with E-state index in [1.807, 2.05) is 0 Å². The second kappa shape index (κ2) is 3.56. The fraction of sp³-hybridized carbons (Fsp3) is 0.900. The number of Topliss-reactive ketones (excluding diaryl/α,β-unsaturated/α-hetero) is 1. The molecule has 1 saturated carbocycles. The maximum Gasteiger partial charge on any atom is 0.138 e. The van der Waals surface area contributed by atoms with E-state index < -0.39 is 0 Å². The maximum absolute atomic E-state index is 11.5. The first-order valence-corrected chi connectivity index (χ1v) is 4.96. The van der Waals surface area contributed by atoms with Gasteiger partial charge in [-0.2, -0.15) is 0 Å². The molecule has 2 nitrogen and oxygen atoms in total. The molecule has 2 heteroatoms. The normalized spacial score (nSPS) is 29.2. The van der Waals surface area contributed by atoms with Crippen LogP contribution in [0.2, 0.25) is 0 Å². The van der Waals surface area contributed by atoms with Crippen LogP contribution in [0.25, 0.3) is 0 Å². The molecule has 1 aliphatic heterocycles. The number of ketones is 1. The van der Waals surface area contributed by atoms with E-state index in [9.17, 15) is 4.79 Å². The molecule has 0 radical (unpaired) electrons. The molecule has 68 valence electrons. The standard InChI is InChI=1S/C10H16O2/c11-10(4-3-8-1-2-8)9-5-6-12-7-9/h8-9H,1-7H2. The molecule has 0 bridgehead atoms. The van der Waals surface area contributed by atoms with Gasteiger partial charge in [-0.1, -0.05) is 12.8 Å². The number of rotatable bonds is 4. The highest BCUT2D eigenvalue weighted by Gasteiger charge is 2.26. The lowest BCUT2D eigenvalue weighted by atomic mass is 9.99. The van der Waals surface area contributed by atoms with E-state index >= 15 is 0 Å². The molecule has 0 N–H and O–H groups in total. The van der Waals surface area contributed by atoms with Crippen molar-refractivity contribution in [3.05, 3.63) is 0 Å². The Morgan fingerprint density at radius 1 is 1.33 bits per heavy atom. The van der Waals surface area contributed by atoms with Gasteiger partial charge >= 0.3 is 0 Å². The van der Waals surface area contributed by atoms with Crippen LogP contribution in [0.3, 0.4) is 0 Å². The highest BCUT2D eigenvalue weighted by molar-refractivity contribution is 5.81. The maximum atomic E-state index is 11.5. The lowest BCUT2D eigenvalue weighted by Gasteiger charge is -2.04. The molecule has 1 unspecified atom stereocenters. The predicted octanol–water partition coefficient (Wildman–Crippen LogP) is 1.78. The molecule has 2 aliphatic rings. The Bertz CT molecular complexity index is 167. The second-order valence-corrected chi connectivity index (χ2v) is 4.01. The number of hydrogen-bond donors (Lipinski definition) is 0. The summed E-state index contributed by atoms with van der Waals surface area (Å²) in [5, 5.41) is 0. The third kappa shape index (κ3) is 2.07. The topological polar surface area (TPSA) is 26.3 Å². The summed E-state index contributed by atoms with van der Waals surface area (Å²) in [5.41, 5.74) is 0. The monoisotopic (exact) mass is 168 g/mol. The van der Waals surface area contributed by atoms with Gasteiger partial charge in [-0.05, 0) is 18.8 Å². The van der Waals surface area contributed by atoms with E-state index in [1.165, 1.54) is 12.8 Å². The van der Waals surface area contributed by atoms with E-state index in [0.717, 1.165) is 31.8 Å². The molecular weight excluding hydrogens is 152 g/mol. The van der Waals surface area contributed by atoms with Gasteiger partial charge in [0.15, 0.2) is 0 Å². The Hall–Kier alpha value is -0.370. The molecule has 0 aromatic carbocycles. The van der Waals surface area contributed by atoms with Crippen molar-refractivity contribution in [2.45, 2.75) is 32.1 Å². The van der Waals surface area contributed by atoms with E-state index in [4.69, 9.17) is 4.74 Å². The molecule has 2 rings (SSSR count). The van der Waals surface area contributed by atoms with Crippen molar-refractivity contribution >= 4 is 5.78 Å². The van der Waals surface area contributed by atoms with Crippen molar-refractivity contribution in [2.24, 2.45) is 11.8 Å². The fourth-order valence-corrected chi connectivity index (χ4v) is 1.75. The number of carbonyl (C=O) groups excluding carboxylic acids is 1. The predicted molar refractivity (Wildman–Crippen MR) is 45.9 cm³/mol. The third-order valence-electron chi connectivity index (χ3n) is 2.88. The summed E-state index contributed by atoms with van der Waals surface area (Å²) >= 11 is 0. The molecule has 1 atom stereocenters. The molecule has 1 saturated heterocycles. The average molecular weight is 168 g/mol. The Labute approximate surface area is 73.3 Å². The average Bonchev–Trinajstić information content (AvgIpc) is 2.74. The Morgan fingerprint density at radius 2 is 2.17 bits per heavy atom. The van der Waals surface area contributed by atoms with Gasteiger partial charge in [0.2, 0.25) is 0 Å². The van der Waals surface area contributed by atoms with Gasteiger partial charge in [0.1, 0.15) is 5.78 Å². The van der Waals surface area contributed by atoms with Gasteiger partial charge in [0.05, 0.1) is 6.61 Å². The van der Waals surface area contributed by atoms with E-state index in [-0.39, 0.29) is 5.92 Å². The van der Waals surface area contributed by atoms with Gasteiger partial charge < -0.3 is 4.74 Å².